The fourth-order valence-corrected chi connectivity index (χ4v) is 2.65. The van der Waals surface area contributed by atoms with Gasteiger partial charge in [0.1, 0.15) is 12.4 Å². The van der Waals surface area contributed by atoms with Gasteiger partial charge in [0.15, 0.2) is 0 Å². The third-order valence-corrected chi connectivity index (χ3v) is 4.01. The summed E-state index contributed by atoms with van der Waals surface area (Å²) >= 11 is 0. The van der Waals surface area contributed by atoms with Crippen molar-refractivity contribution < 1.29 is 23.1 Å². The van der Waals surface area contributed by atoms with Crippen molar-refractivity contribution in [2.45, 2.75) is 13.1 Å². The first kappa shape index (κ1) is 20.1. The Kier molecular flexibility index (Phi) is 5.67. The highest BCUT2D eigenvalue weighted by molar-refractivity contribution is 5.73. The second-order valence-electron chi connectivity index (χ2n) is 6.23. The Labute approximate surface area is 164 Å². The molecule has 2 aromatic carbocycles. The van der Waals surface area contributed by atoms with E-state index in [1.807, 2.05) is 18.2 Å². The second kappa shape index (κ2) is 8.17. The van der Waals surface area contributed by atoms with Gasteiger partial charge in [-0.15, -0.1) is 0 Å². The van der Waals surface area contributed by atoms with Crippen molar-refractivity contribution in [3.05, 3.63) is 65.7 Å². The molecule has 0 radical (unpaired) electrons. The molecule has 0 fully saturated rings. The van der Waals surface area contributed by atoms with E-state index >= 15 is 0 Å². The number of carboxylic acid groups (broad SMARTS) is 1. The molecule has 0 aliphatic carbocycles. The summed E-state index contributed by atoms with van der Waals surface area (Å²) in [5.41, 5.74) is 0.795. The lowest BCUT2D eigenvalue weighted by atomic mass is 10.1. The first-order chi connectivity index (χ1) is 13.7. The molecule has 1 heterocycles. The van der Waals surface area contributed by atoms with Crippen molar-refractivity contribution in [3.8, 4) is 11.3 Å². The third kappa shape index (κ3) is 5.22. The highest BCUT2D eigenvalue weighted by Crippen LogP contribution is 2.34. The number of carbonyl (C=O) groups is 1. The van der Waals surface area contributed by atoms with Gasteiger partial charge < -0.3 is 15.7 Å². The summed E-state index contributed by atoms with van der Waals surface area (Å²) in [6.07, 6.45) is -4.48. The Bertz CT molecular complexity index is 1020. The first-order valence-corrected chi connectivity index (χ1v) is 8.57. The maximum Gasteiger partial charge on any atom is 0.416 e. The van der Waals surface area contributed by atoms with Crippen LogP contribution in [0.2, 0.25) is 0 Å². The van der Waals surface area contributed by atoms with E-state index in [2.05, 4.69) is 20.6 Å². The fourth-order valence-electron chi connectivity index (χ4n) is 2.65. The SMILES string of the molecule is Cc1ccc(Nc2cc(-c3ccccc3)nc(NCC(=O)O)n2)cc1C(F)(F)F. The van der Waals surface area contributed by atoms with Gasteiger partial charge in [0.05, 0.1) is 11.3 Å². The van der Waals surface area contributed by atoms with E-state index in [-0.39, 0.29) is 23.0 Å². The first-order valence-electron chi connectivity index (χ1n) is 8.57. The predicted octanol–water partition coefficient (Wildman–Crippen LogP) is 4.71. The fraction of sp³-hybridized carbons (Fsp3) is 0.150. The standard InChI is InChI=1S/C20H17F3N4O2/c1-12-7-8-14(9-15(12)20(21,22)23)25-17-10-16(13-5-3-2-4-6-13)26-19(27-17)24-11-18(28)29/h2-10H,11H2,1H3,(H,28,29)(H2,24,25,26,27). The molecule has 0 amide bonds. The molecule has 0 atom stereocenters. The Morgan fingerprint density at radius 2 is 1.79 bits per heavy atom. The van der Waals surface area contributed by atoms with E-state index in [4.69, 9.17) is 5.11 Å². The number of anilines is 3. The maximum atomic E-state index is 13.2. The largest absolute Gasteiger partial charge is 0.480 e. The third-order valence-electron chi connectivity index (χ3n) is 4.01. The van der Waals surface area contributed by atoms with Gasteiger partial charge in [-0.2, -0.15) is 18.2 Å². The van der Waals surface area contributed by atoms with Gasteiger partial charge in [-0.3, -0.25) is 4.79 Å². The highest BCUT2D eigenvalue weighted by Gasteiger charge is 2.32. The molecule has 0 bridgehead atoms. The van der Waals surface area contributed by atoms with E-state index in [0.29, 0.717) is 5.69 Å². The average molecular weight is 402 g/mol. The van der Waals surface area contributed by atoms with Crippen molar-refractivity contribution in [1.82, 2.24) is 9.97 Å². The summed E-state index contributed by atoms with van der Waals surface area (Å²) in [4.78, 5) is 19.3. The normalized spacial score (nSPS) is 11.2. The Balaban J connectivity index is 1.98. The monoisotopic (exact) mass is 402 g/mol. The average Bonchev–Trinajstić information content (AvgIpc) is 2.67. The molecule has 0 unspecified atom stereocenters. The second-order valence-corrected chi connectivity index (χ2v) is 6.23. The number of alkyl halides is 3. The molecule has 150 valence electrons. The summed E-state index contributed by atoms with van der Waals surface area (Å²) in [6, 6.07) is 14.5. The zero-order chi connectivity index (χ0) is 21.0. The minimum Gasteiger partial charge on any atom is -0.480 e. The number of hydrogen-bond acceptors (Lipinski definition) is 5. The Morgan fingerprint density at radius 1 is 1.07 bits per heavy atom. The van der Waals surface area contributed by atoms with Crippen LogP contribution >= 0.6 is 0 Å². The molecule has 3 rings (SSSR count). The predicted molar refractivity (Wildman–Crippen MR) is 103 cm³/mol. The lowest BCUT2D eigenvalue weighted by molar-refractivity contribution is -0.138. The summed E-state index contributed by atoms with van der Waals surface area (Å²) < 4.78 is 39.5. The number of halogens is 3. The quantitative estimate of drug-likeness (QED) is 0.554. The van der Waals surface area contributed by atoms with Crippen LogP contribution in [0.25, 0.3) is 11.3 Å². The number of aryl methyl sites for hydroxylation is 1. The summed E-state index contributed by atoms with van der Waals surface area (Å²) in [6.45, 7) is 0.985. The van der Waals surface area contributed by atoms with Crippen LogP contribution in [0.3, 0.4) is 0 Å². The van der Waals surface area contributed by atoms with Crippen LogP contribution in [0.5, 0.6) is 0 Å². The van der Waals surface area contributed by atoms with Crippen LogP contribution in [-0.2, 0) is 11.0 Å². The van der Waals surface area contributed by atoms with E-state index < -0.39 is 24.3 Å². The Morgan fingerprint density at radius 3 is 2.45 bits per heavy atom. The van der Waals surface area contributed by atoms with Crippen LogP contribution in [-0.4, -0.2) is 27.6 Å². The van der Waals surface area contributed by atoms with Crippen molar-refractivity contribution >= 4 is 23.4 Å². The van der Waals surface area contributed by atoms with Crippen LogP contribution in [0.15, 0.2) is 54.6 Å². The van der Waals surface area contributed by atoms with E-state index in [0.717, 1.165) is 11.6 Å². The molecule has 6 nitrogen and oxygen atoms in total. The number of nitrogens with one attached hydrogen (secondary N) is 2. The zero-order valence-corrected chi connectivity index (χ0v) is 15.3. The maximum absolute atomic E-state index is 13.2. The highest BCUT2D eigenvalue weighted by atomic mass is 19.4. The van der Waals surface area contributed by atoms with Gasteiger partial charge in [0.25, 0.3) is 0 Å². The van der Waals surface area contributed by atoms with Crippen LogP contribution in [0, 0.1) is 6.92 Å². The molecule has 3 N–H and O–H groups in total. The molecule has 0 aliphatic rings. The topological polar surface area (TPSA) is 87.1 Å². The lowest BCUT2D eigenvalue weighted by Crippen LogP contribution is -2.15. The lowest BCUT2D eigenvalue weighted by Gasteiger charge is -2.14. The number of nitrogens with zero attached hydrogens (tertiary/aromatic N) is 2. The number of carboxylic acids is 1. The number of aromatic nitrogens is 2. The van der Waals surface area contributed by atoms with E-state index in [9.17, 15) is 18.0 Å². The van der Waals surface area contributed by atoms with Gasteiger partial charge in [0.2, 0.25) is 5.95 Å². The molecular weight excluding hydrogens is 385 g/mol. The molecule has 0 spiro atoms. The van der Waals surface area contributed by atoms with Gasteiger partial charge >= 0.3 is 12.1 Å². The molecular formula is C20H17F3N4O2. The van der Waals surface area contributed by atoms with Crippen molar-refractivity contribution in [1.29, 1.82) is 0 Å². The number of benzene rings is 2. The smallest absolute Gasteiger partial charge is 0.416 e. The number of rotatable bonds is 6. The van der Waals surface area contributed by atoms with Gasteiger partial charge in [-0.1, -0.05) is 36.4 Å². The summed E-state index contributed by atoms with van der Waals surface area (Å²) in [5, 5.41) is 14.3. The molecule has 9 heteroatoms. The van der Waals surface area contributed by atoms with Crippen LogP contribution < -0.4 is 10.6 Å². The minimum atomic E-state index is -4.48. The molecule has 0 saturated carbocycles. The molecule has 0 aliphatic heterocycles. The number of aliphatic carboxylic acids is 1. The van der Waals surface area contributed by atoms with Crippen LogP contribution in [0.1, 0.15) is 11.1 Å². The summed E-state index contributed by atoms with van der Waals surface area (Å²) in [7, 11) is 0. The Hall–Kier alpha value is -3.62. The van der Waals surface area contributed by atoms with Gasteiger partial charge in [-0.25, -0.2) is 4.98 Å². The molecule has 0 saturated heterocycles. The minimum absolute atomic E-state index is 0.0411. The molecule has 1 aromatic heterocycles. The van der Waals surface area contributed by atoms with Gasteiger partial charge in [-0.05, 0) is 24.6 Å². The zero-order valence-electron chi connectivity index (χ0n) is 15.3. The summed E-state index contributed by atoms with van der Waals surface area (Å²) in [5.74, 6) is -0.829. The molecule has 29 heavy (non-hydrogen) atoms. The molecule has 3 aromatic rings. The van der Waals surface area contributed by atoms with Gasteiger partial charge in [0, 0.05) is 17.3 Å². The van der Waals surface area contributed by atoms with Crippen molar-refractivity contribution in [3.63, 3.8) is 0 Å². The van der Waals surface area contributed by atoms with Crippen LogP contribution in [0.4, 0.5) is 30.6 Å². The van der Waals surface area contributed by atoms with Crippen molar-refractivity contribution in [2.24, 2.45) is 0 Å². The number of hydrogen-bond donors (Lipinski definition) is 3. The van der Waals surface area contributed by atoms with E-state index in [1.165, 1.54) is 19.1 Å². The van der Waals surface area contributed by atoms with E-state index in [1.54, 1.807) is 18.2 Å². The van der Waals surface area contributed by atoms with Crippen molar-refractivity contribution in [2.75, 3.05) is 17.2 Å².